The molecule has 0 saturated carbocycles. The lowest BCUT2D eigenvalue weighted by Crippen LogP contribution is -2.57. The summed E-state index contributed by atoms with van der Waals surface area (Å²) in [4.78, 5) is 13.7. The highest BCUT2D eigenvalue weighted by Gasteiger charge is 2.53. The molecule has 0 spiro atoms. The number of amides is 1. The molecule has 0 aromatic rings. The van der Waals surface area contributed by atoms with E-state index in [0.717, 1.165) is 0 Å². The zero-order chi connectivity index (χ0) is 16.4. The summed E-state index contributed by atoms with van der Waals surface area (Å²) >= 11 is 0. The van der Waals surface area contributed by atoms with Crippen LogP contribution in [-0.2, 0) is 9.47 Å². The Hall–Kier alpha value is -1.32. The fourth-order valence-electron chi connectivity index (χ4n) is 3.27. The fourth-order valence-corrected chi connectivity index (χ4v) is 3.27. The van der Waals surface area contributed by atoms with Crippen molar-refractivity contribution in [1.82, 2.24) is 4.90 Å². The minimum absolute atomic E-state index is 0.354. The summed E-state index contributed by atoms with van der Waals surface area (Å²) in [5, 5.41) is 20.6. The smallest absolute Gasteiger partial charge is 0.410 e. The predicted octanol–water partition coefficient (Wildman–Crippen LogP) is 2.07. The molecule has 2 fully saturated rings. The van der Waals surface area contributed by atoms with Crippen LogP contribution in [0.2, 0.25) is 0 Å². The van der Waals surface area contributed by atoms with Gasteiger partial charge >= 0.3 is 6.09 Å². The second-order valence-electron chi connectivity index (χ2n) is 7.31. The third-order valence-corrected chi connectivity index (χ3v) is 4.69. The number of hydrogen-bond acceptors (Lipinski definition) is 5. The van der Waals surface area contributed by atoms with E-state index in [1.807, 2.05) is 20.8 Å². The predicted molar refractivity (Wildman–Crippen MR) is 80.1 cm³/mol. The van der Waals surface area contributed by atoms with E-state index >= 15 is 0 Å². The van der Waals surface area contributed by atoms with Gasteiger partial charge in [0.2, 0.25) is 0 Å². The van der Waals surface area contributed by atoms with Crippen molar-refractivity contribution in [1.29, 1.82) is 5.26 Å². The summed E-state index contributed by atoms with van der Waals surface area (Å²) in [5.41, 5.74) is -2.34. The number of piperidine rings is 1. The van der Waals surface area contributed by atoms with E-state index in [2.05, 4.69) is 6.07 Å². The molecule has 2 saturated heterocycles. The molecule has 2 rings (SSSR count). The number of carbonyl (C=O) groups is 1. The summed E-state index contributed by atoms with van der Waals surface area (Å²) < 4.78 is 10.7. The standard InChI is InChI=1S/C16H26N2O4/c1-14(2,3)22-13(19)18-8-4-16(20,5-9-18)15(12-17)6-10-21-11-7-15/h20H,4-11H2,1-3H3. The first kappa shape index (κ1) is 17.0. The van der Waals surface area contributed by atoms with Crippen LogP contribution in [-0.4, -0.2) is 53.6 Å². The molecule has 0 aromatic heterocycles. The van der Waals surface area contributed by atoms with E-state index in [-0.39, 0.29) is 6.09 Å². The van der Waals surface area contributed by atoms with Crippen molar-refractivity contribution in [2.45, 2.75) is 57.7 Å². The molecule has 0 unspecified atom stereocenters. The third-order valence-electron chi connectivity index (χ3n) is 4.69. The highest BCUT2D eigenvalue weighted by molar-refractivity contribution is 5.68. The van der Waals surface area contributed by atoms with Crippen molar-refractivity contribution < 1.29 is 19.4 Å². The highest BCUT2D eigenvalue weighted by Crippen LogP contribution is 2.46. The lowest BCUT2D eigenvalue weighted by atomic mass is 9.64. The van der Waals surface area contributed by atoms with Crippen LogP contribution in [0.15, 0.2) is 0 Å². The van der Waals surface area contributed by atoms with Crippen molar-refractivity contribution in [2.75, 3.05) is 26.3 Å². The molecule has 6 heteroatoms. The first-order chi connectivity index (χ1) is 10.2. The Kier molecular flexibility index (Phi) is 4.69. The van der Waals surface area contributed by atoms with Crippen LogP contribution in [0, 0.1) is 16.7 Å². The van der Waals surface area contributed by atoms with Gasteiger partial charge in [-0.1, -0.05) is 0 Å². The molecule has 6 nitrogen and oxygen atoms in total. The van der Waals surface area contributed by atoms with E-state index in [1.54, 1.807) is 4.90 Å². The van der Waals surface area contributed by atoms with Gasteiger partial charge < -0.3 is 19.5 Å². The van der Waals surface area contributed by atoms with E-state index < -0.39 is 16.6 Å². The van der Waals surface area contributed by atoms with Crippen LogP contribution in [0.4, 0.5) is 4.79 Å². The molecule has 2 aliphatic rings. The molecule has 2 heterocycles. The molecular formula is C16H26N2O4. The zero-order valence-electron chi connectivity index (χ0n) is 13.7. The van der Waals surface area contributed by atoms with Crippen molar-refractivity contribution in [3.63, 3.8) is 0 Å². The lowest BCUT2D eigenvalue weighted by molar-refractivity contribution is -0.130. The van der Waals surface area contributed by atoms with Crippen LogP contribution in [0.3, 0.4) is 0 Å². The van der Waals surface area contributed by atoms with Crippen LogP contribution >= 0.6 is 0 Å². The molecule has 2 aliphatic heterocycles. The van der Waals surface area contributed by atoms with Gasteiger partial charge in [-0.15, -0.1) is 0 Å². The normalized spacial score (nSPS) is 24.4. The summed E-state index contributed by atoms with van der Waals surface area (Å²) in [6.45, 7) is 7.33. The van der Waals surface area contributed by atoms with Crippen LogP contribution in [0.5, 0.6) is 0 Å². The van der Waals surface area contributed by atoms with Crippen LogP contribution in [0.25, 0.3) is 0 Å². The van der Waals surface area contributed by atoms with Gasteiger partial charge in [0.1, 0.15) is 5.60 Å². The van der Waals surface area contributed by atoms with E-state index in [4.69, 9.17) is 9.47 Å². The third kappa shape index (κ3) is 3.36. The lowest BCUT2D eigenvalue weighted by Gasteiger charge is -2.48. The summed E-state index contributed by atoms with van der Waals surface area (Å²) in [6.07, 6.45) is 1.55. The van der Waals surface area contributed by atoms with E-state index in [0.29, 0.717) is 52.0 Å². The molecule has 0 aliphatic carbocycles. The maximum absolute atomic E-state index is 12.1. The topological polar surface area (TPSA) is 82.8 Å². The van der Waals surface area contributed by atoms with Gasteiger partial charge in [-0.2, -0.15) is 5.26 Å². The SMILES string of the molecule is CC(C)(C)OC(=O)N1CCC(O)(C2(C#N)CCOCC2)CC1. The maximum Gasteiger partial charge on any atom is 0.410 e. The van der Waals surface area contributed by atoms with Crippen LogP contribution < -0.4 is 0 Å². The first-order valence-corrected chi connectivity index (χ1v) is 7.91. The van der Waals surface area contributed by atoms with Crippen molar-refractivity contribution in [3.05, 3.63) is 0 Å². The number of rotatable bonds is 1. The number of nitrogens with zero attached hydrogens (tertiary/aromatic N) is 2. The van der Waals surface area contributed by atoms with Crippen molar-refractivity contribution in [3.8, 4) is 6.07 Å². The largest absolute Gasteiger partial charge is 0.444 e. The molecule has 1 amide bonds. The quantitative estimate of drug-likeness (QED) is 0.801. The Morgan fingerprint density at radius 2 is 1.77 bits per heavy atom. The summed E-state index contributed by atoms with van der Waals surface area (Å²) in [5.74, 6) is 0. The monoisotopic (exact) mass is 310 g/mol. The van der Waals surface area contributed by atoms with Gasteiger partial charge in [0, 0.05) is 26.3 Å². The summed E-state index contributed by atoms with van der Waals surface area (Å²) in [7, 11) is 0. The average molecular weight is 310 g/mol. The van der Waals surface area contributed by atoms with Gasteiger partial charge in [0.05, 0.1) is 17.1 Å². The number of carbonyl (C=O) groups excluding carboxylic acids is 1. The average Bonchev–Trinajstić information content (AvgIpc) is 2.46. The molecule has 0 bridgehead atoms. The Morgan fingerprint density at radius 1 is 1.23 bits per heavy atom. The Bertz CT molecular complexity index is 450. The second kappa shape index (κ2) is 6.05. The van der Waals surface area contributed by atoms with Gasteiger partial charge in [-0.05, 0) is 46.5 Å². The van der Waals surface area contributed by atoms with Gasteiger partial charge in [-0.25, -0.2) is 4.79 Å². The molecule has 0 atom stereocenters. The Morgan fingerprint density at radius 3 is 2.23 bits per heavy atom. The summed E-state index contributed by atoms with van der Waals surface area (Å²) in [6, 6.07) is 2.35. The number of likely N-dealkylation sites (tertiary alicyclic amines) is 1. The number of nitriles is 1. The van der Waals surface area contributed by atoms with Crippen molar-refractivity contribution >= 4 is 6.09 Å². The molecule has 1 N–H and O–H groups in total. The van der Waals surface area contributed by atoms with Crippen LogP contribution in [0.1, 0.15) is 46.5 Å². The molecule has 0 aromatic carbocycles. The minimum atomic E-state index is -1.05. The van der Waals surface area contributed by atoms with Gasteiger partial charge in [0.15, 0.2) is 0 Å². The molecule has 0 radical (unpaired) electrons. The molecule has 22 heavy (non-hydrogen) atoms. The number of hydrogen-bond donors (Lipinski definition) is 1. The Balaban J connectivity index is 2.01. The Labute approximate surface area is 132 Å². The highest BCUT2D eigenvalue weighted by atomic mass is 16.6. The molecular weight excluding hydrogens is 284 g/mol. The van der Waals surface area contributed by atoms with Gasteiger partial charge in [-0.3, -0.25) is 0 Å². The van der Waals surface area contributed by atoms with E-state index in [9.17, 15) is 15.2 Å². The van der Waals surface area contributed by atoms with Crippen molar-refractivity contribution in [2.24, 2.45) is 5.41 Å². The fraction of sp³-hybridized carbons (Fsp3) is 0.875. The number of ether oxygens (including phenoxy) is 2. The molecule has 124 valence electrons. The first-order valence-electron chi connectivity index (χ1n) is 7.91. The zero-order valence-corrected chi connectivity index (χ0v) is 13.7. The maximum atomic E-state index is 12.1. The second-order valence-corrected chi connectivity index (χ2v) is 7.31. The van der Waals surface area contributed by atoms with Gasteiger partial charge in [0.25, 0.3) is 0 Å². The number of aliphatic hydroxyl groups is 1. The van der Waals surface area contributed by atoms with E-state index in [1.165, 1.54) is 0 Å². The minimum Gasteiger partial charge on any atom is -0.444 e.